The largest absolute Gasteiger partial charge is 0.484 e. The lowest BCUT2D eigenvalue weighted by Gasteiger charge is -2.12. The zero-order valence-corrected chi connectivity index (χ0v) is 17.1. The predicted octanol–water partition coefficient (Wildman–Crippen LogP) is 3.78. The van der Waals surface area contributed by atoms with E-state index in [1.54, 1.807) is 62.6 Å². The molecule has 6 nitrogen and oxygen atoms in total. The molecule has 2 amide bonds. The van der Waals surface area contributed by atoms with Crippen LogP contribution in [-0.4, -0.2) is 43.2 Å². The molecule has 0 bridgehead atoms. The number of rotatable bonds is 7. The van der Waals surface area contributed by atoms with E-state index in [2.05, 4.69) is 5.32 Å². The van der Waals surface area contributed by atoms with Crippen LogP contribution in [0.4, 0.5) is 10.1 Å². The van der Waals surface area contributed by atoms with Gasteiger partial charge in [0.25, 0.3) is 11.8 Å². The van der Waals surface area contributed by atoms with Crippen molar-refractivity contribution in [3.63, 3.8) is 0 Å². The minimum Gasteiger partial charge on any atom is -0.484 e. The number of anilines is 1. The van der Waals surface area contributed by atoms with Crippen LogP contribution in [0.1, 0.15) is 26.3 Å². The number of likely N-dealkylation sites (N-methyl/N-ethyl adjacent to an activating group) is 1. The zero-order chi connectivity index (χ0) is 22.4. The molecule has 0 saturated heterocycles. The molecular weight excluding hydrogens is 399 g/mol. The molecule has 0 unspecified atom stereocenters. The van der Waals surface area contributed by atoms with Crippen LogP contribution in [0.3, 0.4) is 0 Å². The average Bonchev–Trinajstić information content (AvgIpc) is 2.78. The second-order valence-corrected chi connectivity index (χ2v) is 6.94. The lowest BCUT2D eigenvalue weighted by atomic mass is 9.98. The van der Waals surface area contributed by atoms with Crippen molar-refractivity contribution in [2.75, 3.05) is 26.0 Å². The highest BCUT2D eigenvalue weighted by Crippen LogP contribution is 2.19. The van der Waals surface area contributed by atoms with Gasteiger partial charge in [0.05, 0.1) is 5.56 Å². The Bertz CT molecular complexity index is 1090. The molecule has 3 rings (SSSR count). The fraction of sp³-hybridized carbons (Fsp3) is 0.125. The summed E-state index contributed by atoms with van der Waals surface area (Å²) in [4.78, 5) is 38.6. The SMILES string of the molecule is CN(C)C(=O)COc1ccc(NC(=O)c2ccccc2C(=O)c2ccc(F)cc2)cc1. The van der Waals surface area contributed by atoms with Crippen molar-refractivity contribution in [1.82, 2.24) is 4.90 Å². The molecule has 0 saturated carbocycles. The minimum atomic E-state index is -0.456. The number of halogens is 1. The number of benzene rings is 3. The number of carbonyl (C=O) groups excluding carboxylic acids is 3. The monoisotopic (exact) mass is 420 g/mol. The Morgan fingerprint density at radius 2 is 1.48 bits per heavy atom. The molecule has 31 heavy (non-hydrogen) atoms. The number of hydrogen-bond donors (Lipinski definition) is 1. The average molecular weight is 420 g/mol. The Balaban J connectivity index is 1.72. The smallest absolute Gasteiger partial charge is 0.259 e. The van der Waals surface area contributed by atoms with Gasteiger partial charge < -0.3 is 15.0 Å². The highest BCUT2D eigenvalue weighted by atomic mass is 19.1. The molecule has 0 atom stereocenters. The number of nitrogens with one attached hydrogen (secondary N) is 1. The lowest BCUT2D eigenvalue weighted by molar-refractivity contribution is -0.130. The van der Waals surface area contributed by atoms with Crippen LogP contribution in [0.2, 0.25) is 0 Å². The molecule has 1 N–H and O–H groups in total. The Morgan fingerprint density at radius 3 is 2.10 bits per heavy atom. The van der Waals surface area contributed by atoms with Gasteiger partial charge in [0.15, 0.2) is 12.4 Å². The van der Waals surface area contributed by atoms with Gasteiger partial charge >= 0.3 is 0 Å². The fourth-order valence-corrected chi connectivity index (χ4v) is 2.74. The first-order valence-corrected chi connectivity index (χ1v) is 9.49. The molecule has 0 spiro atoms. The molecule has 3 aromatic rings. The number of ketones is 1. The van der Waals surface area contributed by atoms with Crippen LogP contribution < -0.4 is 10.1 Å². The summed E-state index contributed by atoms with van der Waals surface area (Å²) in [6.45, 7) is -0.0857. The van der Waals surface area contributed by atoms with Gasteiger partial charge in [0.1, 0.15) is 11.6 Å². The summed E-state index contributed by atoms with van der Waals surface area (Å²) < 4.78 is 18.6. The van der Waals surface area contributed by atoms with Gasteiger partial charge in [0, 0.05) is 30.9 Å². The molecule has 0 radical (unpaired) electrons. The molecule has 7 heteroatoms. The van der Waals surface area contributed by atoms with Crippen molar-refractivity contribution in [2.45, 2.75) is 0 Å². The molecule has 3 aromatic carbocycles. The molecule has 0 aliphatic rings. The van der Waals surface area contributed by atoms with Gasteiger partial charge in [-0.2, -0.15) is 0 Å². The van der Waals surface area contributed by atoms with Crippen LogP contribution in [0.5, 0.6) is 5.75 Å². The van der Waals surface area contributed by atoms with E-state index in [0.29, 0.717) is 11.4 Å². The fourth-order valence-electron chi connectivity index (χ4n) is 2.74. The Morgan fingerprint density at radius 1 is 0.871 bits per heavy atom. The van der Waals surface area contributed by atoms with Crippen LogP contribution in [0.25, 0.3) is 0 Å². The first-order valence-electron chi connectivity index (χ1n) is 9.49. The summed E-state index contributed by atoms with van der Waals surface area (Å²) in [5.74, 6) is -0.955. The second-order valence-electron chi connectivity index (χ2n) is 6.94. The van der Waals surface area contributed by atoms with E-state index in [0.717, 1.165) is 0 Å². The summed E-state index contributed by atoms with van der Waals surface area (Å²) in [7, 11) is 3.28. The maximum absolute atomic E-state index is 13.2. The van der Waals surface area contributed by atoms with Crippen molar-refractivity contribution in [2.24, 2.45) is 0 Å². The van der Waals surface area contributed by atoms with Gasteiger partial charge in [-0.05, 0) is 54.6 Å². The molecule has 0 aliphatic heterocycles. The highest BCUT2D eigenvalue weighted by Gasteiger charge is 2.18. The quantitative estimate of drug-likeness (QED) is 0.591. The van der Waals surface area contributed by atoms with E-state index in [9.17, 15) is 18.8 Å². The number of ether oxygens (including phenoxy) is 1. The van der Waals surface area contributed by atoms with E-state index in [1.165, 1.54) is 29.2 Å². The van der Waals surface area contributed by atoms with E-state index in [1.807, 2.05) is 0 Å². The lowest BCUT2D eigenvalue weighted by Crippen LogP contribution is -2.27. The summed E-state index contributed by atoms with van der Waals surface area (Å²) in [5, 5.41) is 2.74. The topological polar surface area (TPSA) is 75.7 Å². The third kappa shape index (κ3) is 5.54. The Kier molecular flexibility index (Phi) is 6.77. The Hall–Kier alpha value is -4.00. The van der Waals surface area contributed by atoms with Crippen molar-refractivity contribution >= 4 is 23.3 Å². The van der Waals surface area contributed by atoms with Crippen molar-refractivity contribution in [3.8, 4) is 5.75 Å². The summed E-state index contributed by atoms with van der Waals surface area (Å²) >= 11 is 0. The molecule has 0 fully saturated rings. The van der Waals surface area contributed by atoms with Crippen molar-refractivity contribution < 1.29 is 23.5 Å². The van der Waals surface area contributed by atoms with Crippen molar-refractivity contribution in [1.29, 1.82) is 0 Å². The molecule has 0 aliphatic carbocycles. The van der Waals surface area contributed by atoms with E-state index in [-0.39, 0.29) is 35.0 Å². The Labute approximate surface area is 179 Å². The van der Waals surface area contributed by atoms with E-state index >= 15 is 0 Å². The third-order valence-corrected chi connectivity index (χ3v) is 4.50. The van der Waals surface area contributed by atoms with Gasteiger partial charge in [0.2, 0.25) is 0 Å². The second kappa shape index (κ2) is 9.67. The zero-order valence-electron chi connectivity index (χ0n) is 17.1. The minimum absolute atomic E-state index is 0.0857. The van der Waals surface area contributed by atoms with Crippen LogP contribution in [0.15, 0.2) is 72.8 Å². The number of carbonyl (C=O) groups is 3. The van der Waals surface area contributed by atoms with Crippen molar-refractivity contribution in [3.05, 3.63) is 95.3 Å². The van der Waals surface area contributed by atoms with Crippen LogP contribution in [0, 0.1) is 5.82 Å². The first kappa shape index (κ1) is 21.7. The van der Waals surface area contributed by atoms with Gasteiger partial charge in [-0.15, -0.1) is 0 Å². The maximum Gasteiger partial charge on any atom is 0.259 e. The molecule has 0 aromatic heterocycles. The van der Waals surface area contributed by atoms with Gasteiger partial charge in [-0.3, -0.25) is 14.4 Å². The van der Waals surface area contributed by atoms with E-state index < -0.39 is 11.7 Å². The molecule has 158 valence electrons. The third-order valence-electron chi connectivity index (χ3n) is 4.50. The molecular formula is C24H21FN2O4. The summed E-state index contributed by atoms with van der Waals surface area (Å²) in [6, 6.07) is 18.1. The van der Waals surface area contributed by atoms with Gasteiger partial charge in [-0.25, -0.2) is 4.39 Å². The predicted molar refractivity (Wildman–Crippen MR) is 115 cm³/mol. The van der Waals surface area contributed by atoms with E-state index in [4.69, 9.17) is 4.74 Å². The number of nitrogens with zero attached hydrogens (tertiary/aromatic N) is 1. The number of hydrogen-bond acceptors (Lipinski definition) is 4. The van der Waals surface area contributed by atoms with Crippen LogP contribution >= 0.6 is 0 Å². The highest BCUT2D eigenvalue weighted by molar-refractivity contribution is 6.17. The summed E-state index contributed by atoms with van der Waals surface area (Å²) in [6.07, 6.45) is 0. The summed E-state index contributed by atoms with van der Waals surface area (Å²) in [5.41, 5.74) is 1.21. The van der Waals surface area contributed by atoms with Gasteiger partial charge in [-0.1, -0.05) is 18.2 Å². The normalized spacial score (nSPS) is 10.3. The molecule has 0 heterocycles. The standard InChI is InChI=1S/C24H21FN2O4/c1-27(2)22(28)15-31-19-13-11-18(12-14-19)26-24(30)21-6-4-3-5-20(21)23(29)16-7-9-17(25)10-8-16/h3-14H,15H2,1-2H3,(H,26,30). The number of amides is 2. The maximum atomic E-state index is 13.2. The van der Waals surface area contributed by atoms with Crippen LogP contribution in [-0.2, 0) is 4.79 Å². The first-order chi connectivity index (χ1) is 14.8.